The Bertz CT molecular complexity index is 468. The van der Waals surface area contributed by atoms with Gasteiger partial charge in [-0.25, -0.2) is 0 Å². The fourth-order valence-electron chi connectivity index (χ4n) is 2.62. The minimum Gasteiger partial charge on any atom is -0.496 e. The van der Waals surface area contributed by atoms with Gasteiger partial charge in [0.25, 0.3) is 0 Å². The van der Waals surface area contributed by atoms with Gasteiger partial charge in [-0.2, -0.15) is 0 Å². The summed E-state index contributed by atoms with van der Waals surface area (Å²) in [6.45, 7) is 3.00. The zero-order valence-corrected chi connectivity index (χ0v) is 12.2. The van der Waals surface area contributed by atoms with Crippen LogP contribution in [0.4, 0.5) is 0 Å². The van der Waals surface area contributed by atoms with Gasteiger partial charge in [0.2, 0.25) is 0 Å². The maximum Gasteiger partial charge on any atom is 0.130 e. The van der Waals surface area contributed by atoms with Gasteiger partial charge in [0.05, 0.1) is 18.8 Å². The third kappa shape index (κ3) is 3.49. The molecule has 1 aliphatic heterocycles. The second-order valence-electron chi connectivity index (χ2n) is 5.16. The summed E-state index contributed by atoms with van der Waals surface area (Å²) in [7, 11) is 3.39. The predicted molar refractivity (Wildman–Crippen MR) is 79.3 cm³/mol. The number of methoxy groups -OCH3 is 2. The lowest BCUT2D eigenvalue weighted by atomic mass is 10.1. The largest absolute Gasteiger partial charge is 0.496 e. The van der Waals surface area contributed by atoms with Crippen molar-refractivity contribution in [2.75, 3.05) is 27.3 Å². The van der Waals surface area contributed by atoms with Crippen LogP contribution in [0.5, 0.6) is 5.75 Å². The van der Waals surface area contributed by atoms with Gasteiger partial charge in [-0.15, -0.1) is 0 Å². The van der Waals surface area contributed by atoms with Gasteiger partial charge >= 0.3 is 0 Å². The van der Waals surface area contributed by atoms with Crippen molar-refractivity contribution in [1.29, 1.82) is 5.41 Å². The molecule has 0 saturated carbocycles. The summed E-state index contributed by atoms with van der Waals surface area (Å²) in [6.07, 6.45) is 2.57. The molecule has 0 radical (unpaired) electrons. The summed E-state index contributed by atoms with van der Waals surface area (Å²) >= 11 is 0. The Morgan fingerprint density at radius 3 is 2.60 bits per heavy atom. The van der Waals surface area contributed by atoms with Crippen LogP contribution >= 0.6 is 0 Å². The van der Waals surface area contributed by atoms with Crippen molar-refractivity contribution in [1.82, 2.24) is 4.90 Å². The number of nitrogens with zero attached hydrogens (tertiary/aromatic N) is 1. The molecule has 0 aromatic heterocycles. The highest BCUT2D eigenvalue weighted by molar-refractivity contribution is 5.97. The number of nitrogens with two attached hydrogens (primary N) is 1. The standard InChI is InChI=1S/C15H23N3O2/c1-19-12-5-7-18(8-6-12)10-11-3-4-13(15(16)17)14(9-11)20-2/h3-4,9,12H,5-8,10H2,1-2H3,(H3,16,17). The van der Waals surface area contributed by atoms with Crippen molar-refractivity contribution in [3.8, 4) is 5.75 Å². The number of ether oxygens (including phenoxy) is 2. The molecule has 0 amide bonds. The second kappa shape index (κ2) is 6.72. The first-order valence-electron chi connectivity index (χ1n) is 6.90. The van der Waals surface area contributed by atoms with Crippen molar-refractivity contribution < 1.29 is 9.47 Å². The predicted octanol–water partition coefficient (Wildman–Crippen LogP) is 1.59. The Morgan fingerprint density at radius 1 is 1.35 bits per heavy atom. The Labute approximate surface area is 120 Å². The second-order valence-corrected chi connectivity index (χ2v) is 5.16. The van der Waals surface area contributed by atoms with E-state index in [0.717, 1.165) is 32.5 Å². The van der Waals surface area contributed by atoms with Crippen molar-refractivity contribution in [3.05, 3.63) is 29.3 Å². The van der Waals surface area contributed by atoms with E-state index in [9.17, 15) is 0 Å². The van der Waals surface area contributed by atoms with E-state index in [4.69, 9.17) is 20.6 Å². The molecule has 3 N–H and O–H groups in total. The minimum atomic E-state index is 0.0364. The number of nitrogens with one attached hydrogen (secondary N) is 1. The first-order valence-corrected chi connectivity index (χ1v) is 6.90. The summed E-state index contributed by atoms with van der Waals surface area (Å²) in [5.41, 5.74) is 7.36. The third-order valence-electron chi connectivity index (χ3n) is 3.83. The molecule has 5 nitrogen and oxygen atoms in total. The van der Waals surface area contributed by atoms with Gasteiger partial charge in [0.1, 0.15) is 11.6 Å². The molecule has 1 aromatic rings. The van der Waals surface area contributed by atoms with E-state index in [2.05, 4.69) is 4.90 Å². The Hall–Kier alpha value is -1.59. The van der Waals surface area contributed by atoms with Crippen LogP contribution in [0.3, 0.4) is 0 Å². The fraction of sp³-hybridized carbons (Fsp3) is 0.533. The first-order chi connectivity index (χ1) is 9.63. The molecule has 1 heterocycles. The summed E-state index contributed by atoms with van der Waals surface area (Å²) < 4.78 is 10.7. The summed E-state index contributed by atoms with van der Waals surface area (Å²) in [5.74, 6) is 0.705. The third-order valence-corrected chi connectivity index (χ3v) is 3.83. The van der Waals surface area contributed by atoms with Crippen LogP contribution in [-0.4, -0.2) is 44.1 Å². The Balaban J connectivity index is 2.01. The molecule has 1 fully saturated rings. The number of amidine groups is 1. The van der Waals surface area contributed by atoms with Crippen molar-refractivity contribution >= 4 is 5.84 Å². The Morgan fingerprint density at radius 2 is 2.05 bits per heavy atom. The number of hydrogen-bond acceptors (Lipinski definition) is 4. The van der Waals surface area contributed by atoms with E-state index >= 15 is 0 Å². The molecular formula is C15H23N3O2. The zero-order valence-electron chi connectivity index (χ0n) is 12.2. The smallest absolute Gasteiger partial charge is 0.130 e. The number of rotatable bonds is 5. The van der Waals surface area contributed by atoms with Gasteiger partial charge < -0.3 is 15.2 Å². The zero-order chi connectivity index (χ0) is 14.5. The van der Waals surface area contributed by atoms with Crippen LogP contribution < -0.4 is 10.5 Å². The Kier molecular flexibility index (Phi) is 4.98. The topological polar surface area (TPSA) is 71.6 Å². The van der Waals surface area contributed by atoms with E-state index < -0.39 is 0 Å². The van der Waals surface area contributed by atoms with Crippen LogP contribution in [0.2, 0.25) is 0 Å². The van der Waals surface area contributed by atoms with Crippen molar-refractivity contribution in [2.24, 2.45) is 5.73 Å². The SMILES string of the molecule is COc1cc(CN2CCC(OC)CC2)ccc1C(=N)N. The van der Waals surface area contributed by atoms with Crippen LogP contribution in [-0.2, 0) is 11.3 Å². The van der Waals surface area contributed by atoms with Gasteiger partial charge in [-0.1, -0.05) is 6.07 Å². The lowest BCUT2D eigenvalue weighted by Gasteiger charge is -2.31. The molecule has 2 rings (SSSR count). The van der Waals surface area contributed by atoms with Crippen molar-refractivity contribution in [2.45, 2.75) is 25.5 Å². The summed E-state index contributed by atoms with van der Waals surface area (Å²) in [6, 6.07) is 5.85. The normalized spacial score (nSPS) is 17.1. The average Bonchev–Trinajstić information content (AvgIpc) is 2.47. The number of benzene rings is 1. The van der Waals surface area contributed by atoms with Gasteiger partial charge in [-0.05, 0) is 30.5 Å². The molecule has 0 bridgehead atoms. The molecule has 5 heteroatoms. The molecule has 0 atom stereocenters. The fourth-order valence-corrected chi connectivity index (χ4v) is 2.62. The molecule has 1 aliphatic rings. The number of hydrogen-bond donors (Lipinski definition) is 2. The molecule has 1 saturated heterocycles. The molecule has 20 heavy (non-hydrogen) atoms. The number of nitrogen functional groups attached to an aromatic ring is 1. The highest BCUT2D eigenvalue weighted by Crippen LogP contribution is 2.22. The molecule has 0 spiro atoms. The quantitative estimate of drug-likeness (QED) is 0.633. The van der Waals surface area contributed by atoms with Crippen LogP contribution in [0.1, 0.15) is 24.0 Å². The lowest BCUT2D eigenvalue weighted by molar-refractivity contribution is 0.0388. The molecule has 0 unspecified atom stereocenters. The molecular weight excluding hydrogens is 254 g/mol. The maximum absolute atomic E-state index is 7.52. The van der Waals surface area contributed by atoms with Gasteiger partial charge in [-0.3, -0.25) is 10.3 Å². The van der Waals surface area contributed by atoms with E-state index in [1.807, 2.05) is 18.2 Å². The van der Waals surface area contributed by atoms with Crippen LogP contribution in [0, 0.1) is 5.41 Å². The average molecular weight is 277 g/mol. The van der Waals surface area contributed by atoms with Crippen LogP contribution in [0.25, 0.3) is 0 Å². The van der Waals surface area contributed by atoms with Crippen LogP contribution in [0.15, 0.2) is 18.2 Å². The molecule has 1 aromatic carbocycles. The lowest BCUT2D eigenvalue weighted by Crippen LogP contribution is -2.36. The highest BCUT2D eigenvalue weighted by Gasteiger charge is 2.19. The highest BCUT2D eigenvalue weighted by atomic mass is 16.5. The summed E-state index contributed by atoms with van der Waals surface area (Å²) in [4.78, 5) is 2.41. The summed E-state index contributed by atoms with van der Waals surface area (Å²) in [5, 5.41) is 7.52. The van der Waals surface area contributed by atoms with E-state index in [-0.39, 0.29) is 5.84 Å². The van der Waals surface area contributed by atoms with Gasteiger partial charge in [0, 0.05) is 26.7 Å². The minimum absolute atomic E-state index is 0.0364. The monoisotopic (exact) mass is 277 g/mol. The van der Waals surface area contributed by atoms with Crippen molar-refractivity contribution in [3.63, 3.8) is 0 Å². The maximum atomic E-state index is 7.52. The van der Waals surface area contributed by atoms with E-state index in [1.54, 1.807) is 14.2 Å². The number of piperidine rings is 1. The van der Waals surface area contributed by atoms with E-state index in [1.165, 1.54) is 5.56 Å². The number of likely N-dealkylation sites (tertiary alicyclic amines) is 1. The first kappa shape index (κ1) is 14.8. The van der Waals surface area contributed by atoms with Gasteiger partial charge in [0.15, 0.2) is 0 Å². The van der Waals surface area contributed by atoms with E-state index in [0.29, 0.717) is 17.4 Å². The molecule has 0 aliphatic carbocycles. The molecule has 110 valence electrons.